The van der Waals surface area contributed by atoms with E-state index in [4.69, 9.17) is 4.28 Å². The number of nitrogens with zero attached hydrogens (tertiary/aromatic N) is 6. The van der Waals surface area contributed by atoms with Crippen LogP contribution in [-0.4, -0.2) is 72.5 Å². The van der Waals surface area contributed by atoms with E-state index in [-0.39, 0.29) is 24.5 Å². The monoisotopic (exact) mass is 681 g/mol. The maximum atomic E-state index is 14.2. The highest BCUT2D eigenvalue weighted by Crippen LogP contribution is 2.30. The Morgan fingerprint density at radius 1 is 0.958 bits per heavy atom. The molecule has 1 aliphatic heterocycles. The molecule has 0 radical (unpaired) electrons. The van der Waals surface area contributed by atoms with Crippen LogP contribution in [-0.2, 0) is 19.8 Å². The number of carbonyl (C=O) groups excluding carboxylic acids is 2. The molecule has 15 heteroatoms. The predicted octanol–water partition coefficient (Wildman–Crippen LogP) is 5.35. The second kappa shape index (κ2) is 13.3. The van der Waals surface area contributed by atoms with E-state index in [1.807, 2.05) is 44.7 Å². The lowest BCUT2D eigenvalue weighted by molar-refractivity contribution is 0.0740. The SMILES string of the molecule is Cc1ccc(-n2nc(C(C)(C)C)cc2N(OS(C)(=O)=O)C(=O)Nc2ccc(N3CCN(C(=O)c4cccc(F)c4F)CC3)nc2C)cc1. The van der Waals surface area contributed by atoms with Gasteiger partial charge in [0, 0.05) is 37.7 Å². The highest BCUT2D eigenvalue weighted by atomic mass is 32.2. The standard InChI is InChI=1S/C33H37F2N7O5S/c1-21-10-12-23(13-11-21)41-29(20-27(38-41)33(3,4)5)42(47-48(6,45)46)32(44)37-26-14-15-28(36-22(26)2)39-16-18-40(19-17-39)31(43)24-8-7-9-25(34)30(24)35/h7-15,20H,16-19H2,1-6H3,(H,37,44). The van der Waals surface area contributed by atoms with E-state index in [1.54, 1.807) is 37.3 Å². The van der Waals surface area contributed by atoms with Gasteiger partial charge in [-0.2, -0.15) is 13.5 Å². The lowest BCUT2D eigenvalue weighted by atomic mass is 9.92. The van der Waals surface area contributed by atoms with E-state index in [0.717, 1.165) is 17.9 Å². The summed E-state index contributed by atoms with van der Waals surface area (Å²) in [5, 5.41) is 8.05. The van der Waals surface area contributed by atoms with E-state index >= 15 is 0 Å². The smallest absolute Gasteiger partial charge is 0.353 e. The number of rotatable bonds is 7. The van der Waals surface area contributed by atoms with Crippen molar-refractivity contribution < 1.29 is 31.1 Å². The number of carbonyl (C=O) groups is 2. The summed E-state index contributed by atoms with van der Waals surface area (Å²) in [7, 11) is -4.17. The fraction of sp³-hybridized carbons (Fsp3) is 0.333. The third-order valence-electron chi connectivity index (χ3n) is 7.73. The van der Waals surface area contributed by atoms with Crippen molar-refractivity contribution in [1.29, 1.82) is 0 Å². The molecule has 0 aliphatic carbocycles. The normalized spacial score (nSPS) is 13.8. The van der Waals surface area contributed by atoms with Crippen LogP contribution >= 0.6 is 0 Å². The van der Waals surface area contributed by atoms with Gasteiger partial charge in [-0.15, -0.1) is 9.35 Å². The highest BCUT2D eigenvalue weighted by molar-refractivity contribution is 7.86. The minimum atomic E-state index is -4.17. The molecule has 1 N–H and O–H groups in total. The first-order chi connectivity index (χ1) is 22.5. The van der Waals surface area contributed by atoms with Gasteiger partial charge in [0.25, 0.3) is 16.0 Å². The van der Waals surface area contributed by atoms with Crippen molar-refractivity contribution in [3.8, 4) is 5.69 Å². The Bertz CT molecular complexity index is 1950. The summed E-state index contributed by atoms with van der Waals surface area (Å²) < 4.78 is 59.3. The van der Waals surface area contributed by atoms with Crippen LogP contribution in [0.25, 0.3) is 5.69 Å². The number of hydrogen-bond donors (Lipinski definition) is 1. The molecule has 1 aliphatic rings. The minimum Gasteiger partial charge on any atom is -0.353 e. The Hall–Kier alpha value is -4.89. The van der Waals surface area contributed by atoms with Gasteiger partial charge in [-0.05, 0) is 50.2 Å². The Kier molecular flexibility index (Phi) is 9.55. The molecule has 1 fully saturated rings. The molecule has 0 bridgehead atoms. The Balaban J connectivity index is 1.36. The summed E-state index contributed by atoms with van der Waals surface area (Å²) in [5.41, 5.74) is 2.17. The Morgan fingerprint density at radius 3 is 2.23 bits per heavy atom. The first-order valence-electron chi connectivity index (χ1n) is 15.2. The molecule has 4 aromatic rings. The van der Waals surface area contributed by atoms with E-state index in [1.165, 1.54) is 21.7 Å². The van der Waals surface area contributed by atoms with Crippen molar-refractivity contribution in [3.63, 3.8) is 0 Å². The predicted molar refractivity (Wildman–Crippen MR) is 178 cm³/mol. The number of halogens is 2. The average Bonchev–Trinajstić information content (AvgIpc) is 3.48. The van der Waals surface area contributed by atoms with Crippen LogP contribution in [0.2, 0.25) is 0 Å². The summed E-state index contributed by atoms with van der Waals surface area (Å²) in [6, 6.07) is 14.9. The second-order valence-electron chi connectivity index (χ2n) is 12.6. The van der Waals surface area contributed by atoms with Gasteiger partial charge in [-0.1, -0.05) is 44.5 Å². The van der Waals surface area contributed by atoms with Crippen molar-refractivity contribution in [2.24, 2.45) is 0 Å². The third-order valence-corrected chi connectivity index (χ3v) is 8.15. The maximum absolute atomic E-state index is 14.2. The fourth-order valence-corrected chi connectivity index (χ4v) is 5.48. The van der Waals surface area contributed by atoms with E-state index in [0.29, 0.717) is 46.7 Å². The summed E-state index contributed by atoms with van der Waals surface area (Å²) in [5.74, 6) is -2.20. The summed E-state index contributed by atoms with van der Waals surface area (Å²) in [4.78, 5) is 34.6. The zero-order valence-corrected chi connectivity index (χ0v) is 28.3. The van der Waals surface area contributed by atoms with Crippen LogP contribution in [0, 0.1) is 25.5 Å². The molecular formula is C33H37F2N7O5S. The average molecular weight is 682 g/mol. The van der Waals surface area contributed by atoms with Crippen molar-refractivity contribution in [1.82, 2.24) is 19.7 Å². The van der Waals surface area contributed by atoms with Gasteiger partial charge in [0.1, 0.15) is 5.82 Å². The number of amides is 3. The summed E-state index contributed by atoms with van der Waals surface area (Å²) in [6.07, 6.45) is 0.841. The van der Waals surface area contributed by atoms with Gasteiger partial charge < -0.3 is 15.1 Å². The van der Waals surface area contributed by atoms with E-state index in [9.17, 15) is 26.8 Å². The second-order valence-corrected chi connectivity index (χ2v) is 14.1. The van der Waals surface area contributed by atoms with Crippen LogP contribution < -0.4 is 15.3 Å². The van der Waals surface area contributed by atoms with Crippen molar-refractivity contribution >= 4 is 39.4 Å². The molecule has 254 valence electrons. The fourth-order valence-electron chi connectivity index (χ4n) is 5.07. The molecule has 0 unspecified atom stereocenters. The number of benzene rings is 2. The summed E-state index contributed by atoms with van der Waals surface area (Å²) in [6.45, 7) is 10.7. The number of hydrogen-bond acceptors (Lipinski definition) is 8. The van der Waals surface area contributed by atoms with Gasteiger partial charge in [0.15, 0.2) is 17.5 Å². The number of nitrogens with one attached hydrogen (secondary N) is 1. The first-order valence-corrected chi connectivity index (χ1v) is 17.0. The molecule has 1 saturated heterocycles. The number of anilines is 3. The minimum absolute atomic E-state index is 0.0690. The number of aryl methyl sites for hydroxylation is 2. The molecule has 12 nitrogen and oxygen atoms in total. The molecular weight excluding hydrogens is 644 g/mol. The zero-order valence-electron chi connectivity index (χ0n) is 27.5. The lowest BCUT2D eigenvalue weighted by Crippen LogP contribution is -2.49. The number of piperazine rings is 1. The number of urea groups is 1. The van der Waals surface area contributed by atoms with Crippen LogP contribution in [0.4, 0.5) is 30.9 Å². The van der Waals surface area contributed by atoms with E-state index in [2.05, 4.69) is 15.4 Å². The zero-order chi connectivity index (χ0) is 35.0. The van der Waals surface area contributed by atoms with Crippen LogP contribution in [0.5, 0.6) is 0 Å². The van der Waals surface area contributed by atoms with Crippen molar-refractivity contribution in [3.05, 3.63) is 94.8 Å². The van der Waals surface area contributed by atoms with Crippen LogP contribution in [0.15, 0.2) is 60.7 Å². The molecule has 2 aromatic carbocycles. The first kappa shape index (κ1) is 34.4. The maximum Gasteiger partial charge on any atom is 0.353 e. The van der Waals surface area contributed by atoms with Gasteiger partial charge >= 0.3 is 6.03 Å². The van der Waals surface area contributed by atoms with Crippen LogP contribution in [0.3, 0.4) is 0 Å². The highest BCUT2D eigenvalue weighted by Gasteiger charge is 2.31. The number of hydroxylamine groups is 1. The van der Waals surface area contributed by atoms with Crippen LogP contribution in [0.1, 0.15) is 48.1 Å². The van der Waals surface area contributed by atoms with Gasteiger partial charge in [-0.25, -0.2) is 23.2 Å². The molecule has 3 heterocycles. The molecule has 48 heavy (non-hydrogen) atoms. The topological polar surface area (TPSA) is 130 Å². The Morgan fingerprint density at radius 2 is 1.62 bits per heavy atom. The van der Waals surface area contributed by atoms with Gasteiger partial charge in [0.2, 0.25) is 0 Å². The molecule has 0 saturated carbocycles. The lowest BCUT2D eigenvalue weighted by Gasteiger charge is -2.35. The molecule has 0 spiro atoms. The summed E-state index contributed by atoms with van der Waals surface area (Å²) >= 11 is 0. The van der Waals surface area contributed by atoms with Gasteiger partial charge in [-0.3, -0.25) is 4.79 Å². The molecule has 3 amide bonds. The van der Waals surface area contributed by atoms with Crippen molar-refractivity contribution in [2.45, 2.75) is 40.0 Å². The Labute approximate surface area is 278 Å². The quantitative estimate of drug-likeness (QED) is 0.259. The van der Waals surface area contributed by atoms with Gasteiger partial charge in [0.05, 0.1) is 34.6 Å². The third kappa shape index (κ3) is 7.63. The van der Waals surface area contributed by atoms with Crippen molar-refractivity contribution in [2.75, 3.05) is 47.7 Å². The molecule has 2 aromatic heterocycles. The molecule has 5 rings (SSSR count). The largest absolute Gasteiger partial charge is 0.353 e. The molecule has 0 atom stereocenters. The number of pyridine rings is 1. The number of aromatic nitrogens is 3. The van der Waals surface area contributed by atoms with E-state index < -0.39 is 39.1 Å².